The van der Waals surface area contributed by atoms with Crippen LogP contribution in [0.1, 0.15) is 11.9 Å². The number of amides is 1. The minimum Gasteiger partial charge on any atom is -0.459 e. The lowest BCUT2D eigenvalue weighted by Gasteiger charge is -2.20. The van der Waals surface area contributed by atoms with Gasteiger partial charge in [-0.05, 0) is 31.2 Å². The fourth-order valence-corrected chi connectivity index (χ4v) is 2.40. The molecule has 23 heavy (non-hydrogen) atoms. The summed E-state index contributed by atoms with van der Waals surface area (Å²) in [6.45, 7) is 1.69. The third kappa shape index (κ3) is 4.55. The van der Waals surface area contributed by atoms with Crippen LogP contribution in [-0.4, -0.2) is 29.3 Å². The van der Waals surface area contributed by atoms with Crippen LogP contribution in [-0.2, 0) is 11.0 Å². The van der Waals surface area contributed by atoms with Crippen LogP contribution in [0.5, 0.6) is 5.19 Å². The molecule has 0 spiro atoms. The number of hydrogen-bond donors (Lipinski definition) is 0. The van der Waals surface area contributed by atoms with E-state index in [2.05, 4.69) is 10.2 Å². The van der Waals surface area contributed by atoms with Crippen LogP contribution in [0.15, 0.2) is 24.3 Å². The van der Waals surface area contributed by atoms with Crippen LogP contribution in [0.25, 0.3) is 0 Å². The van der Waals surface area contributed by atoms with Gasteiger partial charge in [0.1, 0.15) is 0 Å². The first kappa shape index (κ1) is 17.5. The number of ether oxygens (including phenoxy) is 1. The van der Waals surface area contributed by atoms with Crippen molar-refractivity contribution in [3.05, 3.63) is 34.3 Å². The smallest absolute Gasteiger partial charge is 0.445 e. The number of carbonyl (C=O) groups is 1. The highest BCUT2D eigenvalue weighted by Gasteiger charge is 2.36. The summed E-state index contributed by atoms with van der Waals surface area (Å²) in [7, 11) is 0. The Kier molecular flexibility index (Phi) is 5.42. The molecule has 0 aliphatic carbocycles. The van der Waals surface area contributed by atoms with Gasteiger partial charge >= 0.3 is 6.18 Å². The molecule has 1 aromatic heterocycles. The molecule has 124 valence electrons. The van der Waals surface area contributed by atoms with E-state index in [1.54, 1.807) is 31.2 Å². The number of aromatic nitrogens is 2. The second kappa shape index (κ2) is 7.14. The highest BCUT2D eigenvalue weighted by atomic mass is 35.5. The van der Waals surface area contributed by atoms with Crippen molar-refractivity contribution >= 4 is 34.5 Å². The minimum atomic E-state index is -4.58. The minimum absolute atomic E-state index is 0.241. The maximum atomic E-state index is 12.4. The zero-order chi connectivity index (χ0) is 17.0. The summed E-state index contributed by atoms with van der Waals surface area (Å²) < 4.78 is 42.2. The Morgan fingerprint density at radius 3 is 2.48 bits per heavy atom. The lowest BCUT2D eigenvalue weighted by molar-refractivity contribution is -0.138. The van der Waals surface area contributed by atoms with Crippen molar-refractivity contribution in [1.29, 1.82) is 0 Å². The second-order valence-electron chi connectivity index (χ2n) is 4.27. The standard InChI is InChI=1S/C13H11ClF3N3O2S/c1-2-20(9-5-3-8(14)4-6-9)10(21)7-22-12-19-18-11(23-12)13(15,16)17/h3-6H,2,7H2,1H3. The lowest BCUT2D eigenvalue weighted by Crippen LogP contribution is -2.34. The van der Waals surface area contributed by atoms with Gasteiger partial charge in [-0.1, -0.05) is 28.0 Å². The molecule has 0 N–H and O–H groups in total. The molecule has 0 radical (unpaired) electrons. The fraction of sp³-hybridized carbons (Fsp3) is 0.308. The van der Waals surface area contributed by atoms with Gasteiger partial charge in [-0.2, -0.15) is 13.2 Å². The van der Waals surface area contributed by atoms with E-state index in [1.165, 1.54) is 4.90 Å². The Labute approximate surface area is 138 Å². The van der Waals surface area contributed by atoms with Gasteiger partial charge in [-0.3, -0.25) is 4.79 Å². The van der Waals surface area contributed by atoms with Crippen molar-refractivity contribution in [3.8, 4) is 5.19 Å². The lowest BCUT2D eigenvalue weighted by atomic mass is 10.3. The van der Waals surface area contributed by atoms with Gasteiger partial charge in [-0.15, -0.1) is 5.10 Å². The summed E-state index contributed by atoms with van der Waals surface area (Å²) in [5.41, 5.74) is 0.610. The predicted molar refractivity (Wildman–Crippen MR) is 79.9 cm³/mol. The number of nitrogens with zero attached hydrogens (tertiary/aromatic N) is 3. The molecule has 0 saturated heterocycles. The van der Waals surface area contributed by atoms with Gasteiger partial charge in [-0.25, -0.2) is 0 Å². The van der Waals surface area contributed by atoms with E-state index < -0.39 is 23.7 Å². The van der Waals surface area contributed by atoms with Crippen molar-refractivity contribution in [1.82, 2.24) is 10.2 Å². The van der Waals surface area contributed by atoms with Gasteiger partial charge in [0.05, 0.1) is 0 Å². The molecule has 0 fully saturated rings. The SMILES string of the molecule is CCN(C(=O)COc1nnc(C(F)(F)F)s1)c1ccc(Cl)cc1. The Morgan fingerprint density at radius 1 is 1.30 bits per heavy atom. The third-order valence-electron chi connectivity index (χ3n) is 2.72. The number of rotatable bonds is 5. The number of alkyl halides is 3. The van der Waals surface area contributed by atoms with Gasteiger partial charge < -0.3 is 9.64 Å². The van der Waals surface area contributed by atoms with Crippen LogP contribution in [0, 0.1) is 0 Å². The molecule has 0 aliphatic heterocycles. The zero-order valence-corrected chi connectivity index (χ0v) is 13.4. The van der Waals surface area contributed by atoms with Crippen LogP contribution in [0.2, 0.25) is 5.02 Å². The summed E-state index contributed by atoms with van der Waals surface area (Å²) in [4.78, 5) is 13.6. The molecule has 1 heterocycles. The van der Waals surface area contributed by atoms with Crippen molar-refractivity contribution in [3.63, 3.8) is 0 Å². The van der Waals surface area contributed by atoms with Crippen molar-refractivity contribution in [2.45, 2.75) is 13.1 Å². The summed E-state index contributed by atoms with van der Waals surface area (Å²) in [6, 6.07) is 6.59. The Bertz CT molecular complexity index is 676. The van der Waals surface area contributed by atoms with Gasteiger partial charge in [0.25, 0.3) is 11.1 Å². The molecule has 0 atom stereocenters. The Hall–Kier alpha value is -1.87. The topological polar surface area (TPSA) is 55.3 Å². The summed E-state index contributed by atoms with van der Waals surface area (Å²) in [5.74, 6) is -0.418. The molecule has 1 amide bonds. The average Bonchev–Trinajstić information content (AvgIpc) is 2.97. The maximum absolute atomic E-state index is 12.4. The fourth-order valence-electron chi connectivity index (χ4n) is 1.71. The van der Waals surface area contributed by atoms with Crippen molar-refractivity contribution in [2.75, 3.05) is 18.1 Å². The first-order valence-corrected chi connectivity index (χ1v) is 7.60. The molecule has 2 rings (SSSR count). The normalized spacial score (nSPS) is 11.3. The highest BCUT2D eigenvalue weighted by Crippen LogP contribution is 2.33. The molecule has 5 nitrogen and oxygen atoms in total. The van der Waals surface area contributed by atoms with Crippen LogP contribution in [0.3, 0.4) is 0 Å². The highest BCUT2D eigenvalue weighted by molar-refractivity contribution is 7.13. The quantitative estimate of drug-likeness (QED) is 0.811. The summed E-state index contributed by atoms with van der Waals surface area (Å²) in [6.07, 6.45) is -4.58. The van der Waals surface area contributed by atoms with E-state index in [4.69, 9.17) is 16.3 Å². The van der Waals surface area contributed by atoms with E-state index in [1.807, 2.05) is 0 Å². The predicted octanol–water partition coefficient (Wildman–Crippen LogP) is 3.64. The number of benzene rings is 1. The molecule has 10 heteroatoms. The van der Waals surface area contributed by atoms with E-state index in [0.717, 1.165) is 0 Å². The molecule has 2 aromatic rings. The van der Waals surface area contributed by atoms with Gasteiger partial charge in [0.15, 0.2) is 6.61 Å². The Balaban J connectivity index is 2.00. The number of likely N-dealkylation sites (N-methyl/N-ethyl adjacent to an activating group) is 1. The number of carbonyl (C=O) groups excluding carboxylic acids is 1. The van der Waals surface area contributed by atoms with Crippen LogP contribution >= 0.6 is 22.9 Å². The number of hydrogen-bond acceptors (Lipinski definition) is 5. The number of anilines is 1. The number of halogens is 4. The Morgan fingerprint density at radius 2 is 1.96 bits per heavy atom. The molecule has 0 aliphatic rings. The van der Waals surface area contributed by atoms with E-state index >= 15 is 0 Å². The van der Waals surface area contributed by atoms with E-state index in [0.29, 0.717) is 17.3 Å². The first-order valence-electron chi connectivity index (χ1n) is 6.40. The summed E-state index contributed by atoms with van der Waals surface area (Å²) >= 11 is 6.03. The maximum Gasteiger partial charge on any atom is 0.445 e. The largest absolute Gasteiger partial charge is 0.459 e. The average molecular weight is 366 g/mol. The third-order valence-corrected chi connectivity index (χ3v) is 3.86. The molecule has 0 unspecified atom stereocenters. The second-order valence-corrected chi connectivity index (χ2v) is 5.65. The summed E-state index contributed by atoms with van der Waals surface area (Å²) in [5, 5.41) is 5.34. The molecular weight excluding hydrogens is 355 g/mol. The molecule has 0 saturated carbocycles. The van der Waals surface area contributed by atoms with Crippen LogP contribution in [0.4, 0.5) is 18.9 Å². The van der Waals surface area contributed by atoms with Gasteiger partial charge in [0, 0.05) is 17.3 Å². The molecular formula is C13H11ClF3N3O2S. The van der Waals surface area contributed by atoms with Crippen molar-refractivity contribution in [2.24, 2.45) is 0 Å². The van der Waals surface area contributed by atoms with E-state index in [9.17, 15) is 18.0 Å². The zero-order valence-electron chi connectivity index (χ0n) is 11.8. The molecule has 0 bridgehead atoms. The van der Waals surface area contributed by atoms with Gasteiger partial charge in [0.2, 0.25) is 5.01 Å². The monoisotopic (exact) mass is 365 g/mol. The first-order chi connectivity index (χ1) is 10.8. The van der Waals surface area contributed by atoms with E-state index in [-0.39, 0.29) is 16.5 Å². The molecule has 1 aromatic carbocycles. The van der Waals surface area contributed by atoms with Crippen molar-refractivity contribution < 1.29 is 22.7 Å². The van der Waals surface area contributed by atoms with Crippen LogP contribution < -0.4 is 9.64 Å².